The van der Waals surface area contributed by atoms with Gasteiger partial charge in [-0.3, -0.25) is 4.79 Å². The van der Waals surface area contributed by atoms with Crippen molar-refractivity contribution < 1.29 is 14.7 Å². The van der Waals surface area contributed by atoms with Crippen molar-refractivity contribution in [3.05, 3.63) is 71.8 Å². The lowest BCUT2D eigenvalue weighted by atomic mass is 9.74. The van der Waals surface area contributed by atoms with E-state index in [4.69, 9.17) is 0 Å². The third kappa shape index (κ3) is 3.43. The lowest BCUT2D eigenvalue weighted by molar-refractivity contribution is -0.147. The van der Waals surface area contributed by atoms with Gasteiger partial charge in [-0.05, 0) is 37.3 Å². The van der Waals surface area contributed by atoms with Crippen LogP contribution in [0.15, 0.2) is 60.7 Å². The molecule has 1 fully saturated rings. The first-order chi connectivity index (χ1) is 12.1. The number of rotatable bonds is 6. The first-order valence-corrected chi connectivity index (χ1v) is 8.67. The van der Waals surface area contributed by atoms with E-state index in [0.717, 1.165) is 11.1 Å². The van der Waals surface area contributed by atoms with Crippen molar-refractivity contribution in [2.75, 3.05) is 6.54 Å². The summed E-state index contributed by atoms with van der Waals surface area (Å²) >= 11 is 0. The molecule has 1 unspecified atom stereocenters. The largest absolute Gasteiger partial charge is 0.480 e. The number of aliphatic carboxylic acids is 1. The first-order valence-electron chi connectivity index (χ1n) is 8.67. The summed E-state index contributed by atoms with van der Waals surface area (Å²) < 4.78 is 0. The number of hydrogen-bond donors (Lipinski definition) is 1. The predicted octanol–water partition coefficient (Wildman–Crippen LogP) is 3.16. The van der Waals surface area contributed by atoms with Crippen LogP contribution in [0.4, 0.5) is 0 Å². The van der Waals surface area contributed by atoms with Crippen molar-refractivity contribution >= 4 is 11.9 Å². The molecule has 3 rings (SSSR count). The molecule has 4 nitrogen and oxygen atoms in total. The Kier molecular flexibility index (Phi) is 4.88. The summed E-state index contributed by atoms with van der Waals surface area (Å²) in [5.41, 5.74) is 1.42. The van der Waals surface area contributed by atoms with E-state index in [0.29, 0.717) is 25.8 Å². The zero-order chi connectivity index (χ0) is 17.9. The predicted molar refractivity (Wildman–Crippen MR) is 96.2 cm³/mol. The number of carboxylic acid groups (broad SMARTS) is 1. The number of amides is 1. The molecule has 0 spiro atoms. The quantitative estimate of drug-likeness (QED) is 0.881. The Labute approximate surface area is 148 Å². The molecule has 1 aliphatic heterocycles. The van der Waals surface area contributed by atoms with Crippen molar-refractivity contribution in [1.29, 1.82) is 0 Å². The van der Waals surface area contributed by atoms with Crippen LogP contribution in [0, 0.1) is 5.41 Å². The molecule has 1 saturated heterocycles. The van der Waals surface area contributed by atoms with Gasteiger partial charge in [-0.15, -0.1) is 0 Å². The van der Waals surface area contributed by atoms with Gasteiger partial charge in [-0.2, -0.15) is 0 Å². The van der Waals surface area contributed by atoms with Gasteiger partial charge in [0.05, 0.1) is 5.41 Å². The van der Waals surface area contributed by atoms with E-state index < -0.39 is 17.4 Å². The van der Waals surface area contributed by atoms with Gasteiger partial charge < -0.3 is 10.0 Å². The van der Waals surface area contributed by atoms with Gasteiger partial charge in [0.2, 0.25) is 5.91 Å². The second-order valence-corrected chi connectivity index (χ2v) is 6.75. The zero-order valence-electron chi connectivity index (χ0n) is 14.4. The molecule has 1 aliphatic rings. The number of likely N-dealkylation sites (N-methyl/N-ethyl adjacent to an activating group) is 1. The number of carbonyl (C=O) groups is 2. The molecule has 0 bridgehead atoms. The van der Waals surface area contributed by atoms with Crippen molar-refractivity contribution in [3.63, 3.8) is 0 Å². The Bertz CT molecular complexity index is 701. The van der Waals surface area contributed by atoms with Crippen LogP contribution < -0.4 is 0 Å². The first kappa shape index (κ1) is 17.2. The minimum atomic E-state index is -0.918. The van der Waals surface area contributed by atoms with Gasteiger partial charge >= 0.3 is 5.97 Å². The highest BCUT2D eigenvalue weighted by Gasteiger charge is 2.53. The van der Waals surface area contributed by atoms with Gasteiger partial charge in [0.25, 0.3) is 0 Å². The van der Waals surface area contributed by atoms with Crippen LogP contribution in [0.3, 0.4) is 0 Å². The standard InChI is InChI=1S/C21H23NO3/c1-2-22-18(19(23)24)15-21(20(22)25,13-16-9-5-3-6-10-16)14-17-11-7-4-8-12-17/h3-12,18H,2,13-15H2,1H3,(H,23,24). The lowest BCUT2D eigenvalue weighted by Crippen LogP contribution is -2.41. The molecule has 1 atom stereocenters. The van der Waals surface area contributed by atoms with E-state index in [1.54, 1.807) is 0 Å². The summed E-state index contributed by atoms with van der Waals surface area (Å²) in [6, 6.07) is 19.0. The van der Waals surface area contributed by atoms with Crippen molar-refractivity contribution in [1.82, 2.24) is 4.90 Å². The van der Waals surface area contributed by atoms with E-state index in [9.17, 15) is 14.7 Å². The van der Waals surface area contributed by atoms with Crippen LogP contribution in [0.25, 0.3) is 0 Å². The van der Waals surface area contributed by atoms with Crippen LogP contribution in [-0.2, 0) is 22.4 Å². The second-order valence-electron chi connectivity index (χ2n) is 6.75. The third-order valence-electron chi connectivity index (χ3n) is 5.07. The highest BCUT2D eigenvalue weighted by atomic mass is 16.4. The van der Waals surface area contributed by atoms with E-state index >= 15 is 0 Å². The monoisotopic (exact) mass is 337 g/mol. The molecule has 2 aromatic rings. The van der Waals surface area contributed by atoms with Gasteiger partial charge in [-0.1, -0.05) is 60.7 Å². The average Bonchev–Trinajstić information content (AvgIpc) is 2.89. The Morgan fingerprint density at radius 3 is 1.88 bits per heavy atom. The fourth-order valence-electron chi connectivity index (χ4n) is 3.93. The second kappa shape index (κ2) is 7.09. The maximum atomic E-state index is 13.2. The number of likely N-dealkylation sites (tertiary alicyclic amines) is 1. The Hall–Kier alpha value is -2.62. The molecule has 2 aromatic carbocycles. The van der Waals surface area contributed by atoms with Crippen LogP contribution in [0.1, 0.15) is 24.5 Å². The molecule has 0 aliphatic carbocycles. The Morgan fingerprint density at radius 2 is 1.52 bits per heavy atom. The van der Waals surface area contributed by atoms with Crippen LogP contribution >= 0.6 is 0 Å². The minimum Gasteiger partial charge on any atom is -0.480 e. The molecule has 1 N–H and O–H groups in total. The van der Waals surface area contributed by atoms with Crippen LogP contribution in [0.2, 0.25) is 0 Å². The van der Waals surface area contributed by atoms with E-state index in [1.807, 2.05) is 67.6 Å². The maximum Gasteiger partial charge on any atom is 0.326 e. The van der Waals surface area contributed by atoms with Crippen molar-refractivity contribution in [2.24, 2.45) is 5.41 Å². The number of carbonyl (C=O) groups excluding carboxylic acids is 1. The smallest absolute Gasteiger partial charge is 0.326 e. The third-order valence-corrected chi connectivity index (χ3v) is 5.07. The summed E-state index contributed by atoms with van der Waals surface area (Å²) in [5.74, 6) is -0.965. The van der Waals surface area contributed by atoms with Crippen LogP contribution in [0.5, 0.6) is 0 Å². The van der Waals surface area contributed by atoms with Gasteiger partial charge in [-0.25, -0.2) is 4.79 Å². The SMILES string of the molecule is CCN1C(=O)C(Cc2ccccc2)(Cc2ccccc2)CC1C(=O)O. The number of hydrogen-bond acceptors (Lipinski definition) is 2. The van der Waals surface area contributed by atoms with Gasteiger partial charge in [0.1, 0.15) is 6.04 Å². The lowest BCUT2D eigenvalue weighted by Gasteiger charge is -2.28. The Morgan fingerprint density at radius 1 is 1.04 bits per heavy atom. The van der Waals surface area contributed by atoms with Gasteiger partial charge in [0, 0.05) is 6.54 Å². The van der Waals surface area contributed by atoms with E-state index in [-0.39, 0.29) is 5.91 Å². The summed E-state index contributed by atoms with van der Waals surface area (Å²) in [6.07, 6.45) is 1.46. The fraction of sp³-hybridized carbons (Fsp3) is 0.333. The van der Waals surface area contributed by atoms with Gasteiger partial charge in [0.15, 0.2) is 0 Å². The summed E-state index contributed by atoms with van der Waals surface area (Å²) in [6.45, 7) is 2.26. The maximum absolute atomic E-state index is 13.2. The van der Waals surface area contributed by atoms with E-state index in [2.05, 4.69) is 0 Å². The summed E-state index contributed by atoms with van der Waals surface area (Å²) in [5, 5.41) is 9.60. The molecule has 0 radical (unpaired) electrons. The topological polar surface area (TPSA) is 57.6 Å². The molecule has 1 amide bonds. The zero-order valence-corrected chi connectivity index (χ0v) is 14.4. The average molecular weight is 337 g/mol. The van der Waals surface area contributed by atoms with Crippen molar-refractivity contribution in [2.45, 2.75) is 32.2 Å². The van der Waals surface area contributed by atoms with Crippen molar-refractivity contribution in [3.8, 4) is 0 Å². The molecule has 0 saturated carbocycles. The molecule has 130 valence electrons. The highest BCUT2D eigenvalue weighted by molar-refractivity contribution is 5.92. The summed E-state index contributed by atoms with van der Waals surface area (Å²) in [4.78, 5) is 26.5. The minimum absolute atomic E-state index is 0.0462. The molecule has 0 aromatic heterocycles. The number of nitrogens with zero attached hydrogens (tertiary/aromatic N) is 1. The molecular weight excluding hydrogens is 314 g/mol. The Balaban J connectivity index is 2.00. The molecule has 1 heterocycles. The normalized spacial score (nSPS) is 19.2. The highest BCUT2D eigenvalue weighted by Crippen LogP contribution is 2.42. The number of carboxylic acids is 1. The molecular formula is C21H23NO3. The fourth-order valence-corrected chi connectivity index (χ4v) is 3.93. The molecule has 25 heavy (non-hydrogen) atoms. The van der Waals surface area contributed by atoms with E-state index in [1.165, 1.54) is 4.90 Å². The van der Waals surface area contributed by atoms with Crippen LogP contribution in [-0.4, -0.2) is 34.5 Å². The summed E-state index contributed by atoms with van der Waals surface area (Å²) in [7, 11) is 0. The molecule has 4 heteroatoms. The number of benzene rings is 2.